The Bertz CT molecular complexity index is 943. The topological polar surface area (TPSA) is 87.9 Å². The van der Waals surface area contributed by atoms with Crippen LogP contribution in [-0.2, 0) is 10.0 Å². The summed E-state index contributed by atoms with van der Waals surface area (Å²) in [6, 6.07) is 8.52. The molecule has 1 aromatic carbocycles. The number of carbonyl (C=O) groups excluding carboxylic acids is 1. The molecule has 1 aliphatic rings. The van der Waals surface area contributed by atoms with Crippen LogP contribution in [-0.4, -0.2) is 55.5 Å². The van der Waals surface area contributed by atoms with Gasteiger partial charge in [-0.15, -0.1) is 0 Å². The zero-order valence-corrected chi connectivity index (χ0v) is 14.8. The molecule has 0 bridgehead atoms. The SMILES string of the molecule is CCCS(=O)(=O)N1CCN(C(=O)c2cc3ccccc3oc2=O)CC1. The van der Waals surface area contributed by atoms with E-state index in [0.29, 0.717) is 17.4 Å². The summed E-state index contributed by atoms with van der Waals surface area (Å²) in [7, 11) is -3.27. The third kappa shape index (κ3) is 3.59. The van der Waals surface area contributed by atoms with Gasteiger partial charge in [0.25, 0.3) is 5.91 Å². The number of fused-ring (bicyclic) bond motifs is 1. The highest BCUT2D eigenvalue weighted by Gasteiger charge is 2.29. The first-order valence-corrected chi connectivity index (χ1v) is 9.83. The molecular formula is C17H20N2O5S. The molecular weight excluding hydrogens is 344 g/mol. The third-order valence-corrected chi connectivity index (χ3v) is 6.33. The Labute approximate surface area is 145 Å². The van der Waals surface area contributed by atoms with Gasteiger partial charge < -0.3 is 9.32 Å². The minimum absolute atomic E-state index is 0.0245. The van der Waals surface area contributed by atoms with Crippen molar-refractivity contribution >= 4 is 26.9 Å². The predicted octanol–water partition coefficient (Wildman–Crippen LogP) is 1.29. The molecule has 134 valence electrons. The summed E-state index contributed by atoms with van der Waals surface area (Å²) in [6.45, 7) is 2.82. The normalized spacial score (nSPS) is 16.3. The largest absolute Gasteiger partial charge is 0.422 e. The van der Waals surface area contributed by atoms with Crippen LogP contribution in [0.25, 0.3) is 11.0 Å². The highest BCUT2D eigenvalue weighted by molar-refractivity contribution is 7.89. The van der Waals surface area contributed by atoms with Crippen LogP contribution in [0.4, 0.5) is 0 Å². The van der Waals surface area contributed by atoms with Crippen LogP contribution in [0.5, 0.6) is 0 Å². The fourth-order valence-corrected chi connectivity index (χ4v) is 4.43. The Morgan fingerprint density at radius 2 is 1.84 bits per heavy atom. The predicted molar refractivity (Wildman–Crippen MR) is 94.0 cm³/mol. The number of para-hydroxylation sites is 1. The van der Waals surface area contributed by atoms with Crippen LogP contribution in [0.1, 0.15) is 23.7 Å². The van der Waals surface area contributed by atoms with Gasteiger partial charge in [-0.1, -0.05) is 25.1 Å². The van der Waals surface area contributed by atoms with E-state index in [1.807, 2.05) is 6.92 Å². The first kappa shape index (κ1) is 17.6. The summed E-state index contributed by atoms with van der Waals surface area (Å²) in [4.78, 5) is 26.2. The van der Waals surface area contributed by atoms with Crippen molar-refractivity contribution in [1.82, 2.24) is 9.21 Å². The van der Waals surface area contributed by atoms with E-state index in [1.54, 1.807) is 24.3 Å². The molecule has 2 aromatic rings. The minimum atomic E-state index is -3.27. The number of piperazine rings is 1. The first-order chi connectivity index (χ1) is 11.9. The molecule has 1 aliphatic heterocycles. The highest BCUT2D eigenvalue weighted by atomic mass is 32.2. The molecule has 0 N–H and O–H groups in total. The minimum Gasteiger partial charge on any atom is -0.422 e. The molecule has 0 aliphatic carbocycles. The number of hydrogen-bond donors (Lipinski definition) is 0. The second kappa shape index (κ2) is 6.97. The van der Waals surface area contributed by atoms with Gasteiger partial charge in [0.1, 0.15) is 11.1 Å². The van der Waals surface area contributed by atoms with E-state index in [2.05, 4.69) is 0 Å². The molecule has 7 nitrogen and oxygen atoms in total. The van der Waals surface area contributed by atoms with E-state index >= 15 is 0 Å². The van der Waals surface area contributed by atoms with E-state index in [0.717, 1.165) is 0 Å². The molecule has 0 unspecified atom stereocenters. The Kier molecular flexibility index (Phi) is 4.91. The van der Waals surface area contributed by atoms with Crippen molar-refractivity contribution in [1.29, 1.82) is 0 Å². The van der Waals surface area contributed by atoms with Crippen molar-refractivity contribution in [2.45, 2.75) is 13.3 Å². The van der Waals surface area contributed by atoms with Crippen molar-refractivity contribution in [3.8, 4) is 0 Å². The van der Waals surface area contributed by atoms with Gasteiger partial charge in [-0.25, -0.2) is 13.2 Å². The number of hydrogen-bond acceptors (Lipinski definition) is 5. The molecule has 0 saturated carbocycles. The lowest BCUT2D eigenvalue weighted by molar-refractivity contribution is 0.0694. The summed E-state index contributed by atoms with van der Waals surface area (Å²) in [5.74, 6) is -0.318. The molecule has 1 aromatic heterocycles. The number of amides is 1. The fourth-order valence-electron chi connectivity index (χ4n) is 2.94. The number of benzene rings is 1. The van der Waals surface area contributed by atoms with Gasteiger partial charge >= 0.3 is 5.63 Å². The van der Waals surface area contributed by atoms with Crippen molar-refractivity contribution in [3.63, 3.8) is 0 Å². The van der Waals surface area contributed by atoms with E-state index < -0.39 is 21.6 Å². The maximum atomic E-state index is 12.6. The highest BCUT2D eigenvalue weighted by Crippen LogP contribution is 2.15. The van der Waals surface area contributed by atoms with E-state index in [4.69, 9.17) is 4.42 Å². The average molecular weight is 364 g/mol. The molecule has 1 saturated heterocycles. The smallest absolute Gasteiger partial charge is 0.349 e. The number of rotatable bonds is 4. The number of nitrogens with zero attached hydrogens (tertiary/aromatic N) is 2. The number of sulfonamides is 1. The first-order valence-electron chi connectivity index (χ1n) is 8.22. The average Bonchev–Trinajstić information content (AvgIpc) is 2.60. The molecule has 3 rings (SSSR count). The summed E-state index contributed by atoms with van der Waals surface area (Å²) >= 11 is 0. The van der Waals surface area contributed by atoms with Crippen molar-refractivity contribution in [3.05, 3.63) is 46.3 Å². The summed E-state index contributed by atoms with van der Waals surface area (Å²) < 4.78 is 30.8. The third-order valence-electron chi connectivity index (χ3n) is 4.25. The van der Waals surface area contributed by atoms with Gasteiger partial charge in [-0.05, 0) is 18.6 Å². The zero-order chi connectivity index (χ0) is 18.0. The Morgan fingerprint density at radius 3 is 2.52 bits per heavy atom. The molecule has 0 spiro atoms. The maximum absolute atomic E-state index is 12.6. The van der Waals surface area contributed by atoms with Crippen LogP contribution < -0.4 is 5.63 Å². The molecule has 1 fully saturated rings. The van der Waals surface area contributed by atoms with Gasteiger partial charge in [0.15, 0.2) is 0 Å². The summed E-state index contributed by atoms with van der Waals surface area (Å²) in [6.07, 6.45) is 0.555. The molecule has 2 heterocycles. The van der Waals surface area contributed by atoms with Crippen molar-refractivity contribution in [2.75, 3.05) is 31.9 Å². The second-order valence-electron chi connectivity index (χ2n) is 5.99. The summed E-state index contributed by atoms with van der Waals surface area (Å²) in [5, 5.41) is 0.676. The Hall–Kier alpha value is -2.19. The van der Waals surface area contributed by atoms with Gasteiger partial charge in [-0.3, -0.25) is 4.79 Å². The van der Waals surface area contributed by atoms with Crippen LogP contribution >= 0.6 is 0 Å². The van der Waals surface area contributed by atoms with E-state index in [9.17, 15) is 18.0 Å². The molecule has 8 heteroatoms. The zero-order valence-electron chi connectivity index (χ0n) is 14.0. The van der Waals surface area contributed by atoms with Gasteiger partial charge in [0.05, 0.1) is 5.75 Å². The quantitative estimate of drug-likeness (QED) is 0.763. The van der Waals surface area contributed by atoms with Crippen molar-refractivity contribution in [2.24, 2.45) is 0 Å². The molecule has 1 amide bonds. The second-order valence-corrected chi connectivity index (χ2v) is 8.08. The summed E-state index contributed by atoms with van der Waals surface area (Å²) in [5.41, 5.74) is -0.271. The Morgan fingerprint density at radius 1 is 1.16 bits per heavy atom. The lowest BCUT2D eigenvalue weighted by atomic mass is 10.1. The molecule has 0 atom stereocenters. The Balaban J connectivity index is 1.77. The molecule has 0 radical (unpaired) electrons. The monoisotopic (exact) mass is 364 g/mol. The van der Waals surface area contributed by atoms with Crippen LogP contribution in [0.3, 0.4) is 0 Å². The van der Waals surface area contributed by atoms with Gasteiger partial charge in [0.2, 0.25) is 10.0 Å². The van der Waals surface area contributed by atoms with Gasteiger partial charge in [-0.2, -0.15) is 4.31 Å². The van der Waals surface area contributed by atoms with E-state index in [1.165, 1.54) is 15.3 Å². The van der Waals surface area contributed by atoms with Crippen LogP contribution in [0, 0.1) is 0 Å². The maximum Gasteiger partial charge on any atom is 0.349 e. The van der Waals surface area contributed by atoms with Crippen LogP contribution in [0.2, 0.25) is 0 Å². The lowest BCUT2D eigenvalue weighted by Crippen LogP contribution is -2.51. The fraction of sp³-hybridized carbons (Fsp3) is 0.412. The van der Waals surface area contributed by atoms with Gasteiger partial charge in [0, 0.05) is 31.6 Å². The standard InChI is InChI=1S/C17H20N2O5S/c1-2-11-25(22,23)19-9-7-18(8-10-19)16(20)14-12-13-5-3-4-6-15(13)24-17(14)21/h3-6,12H,2,7-11H2,1H3. The van der Waals surface area contributed by atoms with Crippen LogP contribution in [0.15, 0.2) is 39.5 Å². The molecule has 25 heavy (non-hydrogen) atoms. The van der Waals surface area contributed by atoms with E-state index in [-0.39, 0.29) is 37.5 Å². The van der Waals surface area contributed by atoms with Crippen molar-refractivity contribution < 1.29 is 17.6 Å². The number of carbonyl (C=O) groups is 1. The lowest BCUT2D eigenvalue weighted by Gasteiger charge is -2.33.